The van der Waals surface area contributed by atoms with Crippen LogP contribution in [-0.2, 0) is 10.0 Å². The van der Waals surface area contributed by atoms with Crippen molar-refractivity contribution in [1.82, 2.24) is 4.72 Å². The molecular weight excluding hydrogens is 384 g/mol. The molecule has 1 aromatic rings. The van der Waals surface area contributed by atoms with Gasteiger partial charge >= 0.3 is 0 Å². The number of anilines is 1. The summed E-state index contributed by atoms with van der Waals surface area (Å²) >= 11 is 0. The number of sulfonamides is 1. The fourth-order valence-electron chi connectivity index (χ4n) is 4.43. The Bertz CT molecular complexity index is 740. The van der Waals surface area contributed by atoms with E-state index >= 15 is 0 Å². The third kappa shape index (κ3) is 6.11. The smallest absolute Gasteiger partial charge is 0.214 e. The normalized spacial score (nSPS) is 30.4. The Hall–Kier alpha value is -1.27. The van der Waals surface area contributed by atoms with Crippen molar-refractivity contribution >= 4 is 15.7 Å². The quantitative estimate of drug-likeness (QED) is 0.631. The van der Waals surface area contributed by atoms with E-state index < -0.39 is 10.0 Å². The maximum Gasteiger partial charge on any atom is 0.214 e. The molecule has 3 atom stereocenters. The van der Waals surface area contributed by atoms with Crippen LogP contribution in [0.1, 0.15) is 66.2 Å². The minimum absolute atomic E-state index is 0.0933. The first kappa shape index (κ1) is 22.4. The second-order valence-corrected chi connectivity index (χ2v) is 11.7. The lowest BCUT2D eigenvalue weighted by Crippen LogP contribution is -2.41. The van der Waals surface area contributed by atoms with Gasteiger partial charge in [-0.2, -0.15) is 0 Å². The maximum atomic E-state index is 12.0. The van der Waals surface area contributed by atoms with Crippen LogP contribution in [0.2, 0.25) is 0 Å². The highest BCUT2D eigenvalue weighted by Crippen LogP contribution is 2.34. The lowest BCUT2D eigenvalue weighted by atomic mass is 9.86. The zero-order valence-corrected chi connectivity index (χ0v) is 19.2. The van der Waals surface area contributed by atoms with Gasteiger partial charge in [0, 0.05) is 18.3 Å². The topological polar surface area (TPSA) is 67.4 Å². The highest BCUT2D eigenvalue weighted by molar-refractivity contribution is 7.90. The first-order valence-electron chi connectivity index (χ1n) is 11.3. The average Bonchev–Trinajstić information content (AvgIpc) is 3.00. The van der Waals surface area contributed by atoms with Crippen molar-refractivity contribution in [2.45, 2.75) is 83.6 Å². The predicted molar refractivity (Wildman–Crippen MR) is 120 cm³/mol. The molecule has 2 aliphatic rings. The van der Waals surface area contributed by atoms with Gasteiger partial charge in [-0.3, -0.25) is 0 Å². The molecule has 0 saturated heterocycles. The van der Waals surface area contributed by atoms with Crippen molar-refractivity contribution in [2.24, 2.45) is 17.8 Å². The van der Waals surface area contributed by atoms with E-state index in [1.165, 1.54) is 6.42 Å². The second-order valence-electron chi connectivity index (χ2n) is 9.40. The van der Waals surface area contributed by atoms with Gasteiger partial charge in [0.1, 0.15) is 11.9 Å². The standard InChI is InChI=1S/C23H38N2O3S/c1-16(2)29(26,27)25-21-8-6-19(7-9-21)15-24-20-10-12-22(13-11-20)28-23-14-5-17(3)18(23)4/h10-13,16-19,21,23-25H,5-9,14-15H2,1-4H3. The first-order valence-corrected chi connectivity index (χ1v) is 12.8. The van der Waals surface area contributed by atoms with E-state index in [0.717, 1.165) is 56.0 Å². The number of ether oxygens (including phenoxy) is 1. The van der Waals surface area contributed by atoms with E-state index in [0.29, 0.717) is 17.9 Å². The van der Waals surface area contributed by atoms with E-state index in [2.05, 4.69) is 48.2 Å². The van der Waals surface area contributed by atoms with Crippen molar-refractivity contribution in [3.63, 3.8) is 0 Å². The van der Waals surface area contributed by atoms with Crippen molar-refractivity contribution in [3.8, 4) is 5.75 Å². The van der Waals surface area contributed by atoms with Crippen LogP contribution in [0.5, 0.6) is 5.75 Å². The van der Waals surface area contributed by atoms with Crippen molar-refractivity contribution in [1.29, 1.82) is 0 Å². The number of rotatable bonds is 8. The molecule has 3 rings (SSSR count). The Morgan fingerprint density at radius 2 is 1.66 bits per heavy atom. The Balaban J connectivity index is 1.40. The molecule has 0 aliphatic heterocycles. The summed E-state index contributed by atoms with van der Waals surface area (Å²) in [4.78, 5) is 0. The van der Waals surface area contributed by atoms with Crippen LogP contribution in [-0.4, -0.2) is 32.4 Å². The van der Waals surface area contributed by atoms with Gasteiger partial charge in [0.25, 0.3) is 0 Å². The number of benzene rings is 1. The summed E-state index contributed by atoms with van der Waals surface area (Å²) in [7, 11) is -3.17. The minimum atomic E-state index is -3.17. The molecule has 5 nitrogen and oxygen atoms in total. The summed E-state index contributed by atoms with van der Waals surface area (Å²) in [6, 6.07) is 8.42. The largest absolute Gasteiger partial charge is 0.490 e. The van der Waals surface area contributed by atoms with Crippen molar-refractivity contribution in [3.05, 3.63) is 24.3 Å². The molecule has 0 spiro atoms. The Labute approximate surface area is 177 Å². The van der Waals surface area contributed by atoms with Crippen molar-refractivity contribution in [2.75, 3.05) is 11.9 Å². The molecule has 1 aromatic carbocycles. The van der Waals surface area contributed by atoms with Crippen LogP contribution < -0.4 is 14.8 Å². The van der Waals surface area contributed by atoms with Gasteiger partial charge in [0.15, 0.2) is 0 Å². The minimum Gasteiger partial charge on any atom is -0.490 e. The predicted octanol–water partition coefficient (Wildman–Crippen LogP) is 4.80. The highest BCUT2D eigenvalue weighted by Gasteiger charge is 2.31. The lowest BCUT2D eigenvalue weighted by molar-refractivity contribution is 0.155. The van der Waals surface area contributed by atoms with Crippen LogP contribution in [0.25, 0.3) is 0 Å². The van der Waals surface area contributed by atoms with Crippen molar-refractivity contribution < 1.29 is 13.2 Å². The van der Waals surface area contributed by atoms with Crippen LogP contribution >= 0.6 is 0 Å². The van der Waals surface area contributed by atoms with E-state index in [9.17, 15) is 8.42 Å². The van der Waals surface area contributed by atoms with E-state index in [1.54, 1.807) is 13.8 Å². The monoisotopic (exact) mass is 422 g/mol. The maximum absolute atomic E-state index is 12.0. The zero-order valence-electron chi connectivity index (χ0n) is 18.4. The second kappa shape index (κ2) is 9.69. The van der Waals surface area contributed by atoms with Crippen LogP contribution in [0.3, 0.4) is 0 Å². The van der Waals surface area contributed by atoms with Crippen LogP contribution in [0.15, 0.2) is 24.3 Å². The summed E-state index contributed by atoms with van der Waals surface area (Å²) in [5.41, 5.74) is 1.12. The summed E-state index contributed by atoms with van der Waals surface area (Å²) < 4.78 is 33.1. The molecule has 0 heterocycles. The Morgan fingerprint density at radius 3 is 2.21 bits per heavy atom. The van der Waals surface area contributed by atoms with Gasteiger partial charge in [-0.15, -0.1) is 0 Å². The molecule has 0 radical (unpaired) electrons. The van der Waals surface area contributed by atoms with Crippen LogP contribution in [0, 0.1) is 17.8 Å². The molecule has 0 bridgehead atoms. The van der Waals surface area contributed by atoms with Gasteiger partial charge in [-0.05, 0) is 94.4 Å². The molecule has 2 saturated carbocycles. The lowest BCUT2D eigenvalue weighted by Gasteiger charge is -2.29. The van der Waals surface area contributed by atoms with Gasteiger partial charge < -0.3 is 10.1 Å². The molecular formula is C23H38N2O3S. The fourth-order valence-corrected chi connectivity index (χ4v) is 5.40. The first-order chi connectivity index (χ1) is 13.7. The highest BCUT2D eigenvalue weighted by atomic mass is 32.2. The molecule has 29 heavy (non-hydrogen) atoms. The Morgan fingerprint density at radius 1 is 1.00 bits per heavy atom. The van der Waals surface area contributed by atoms with E-state index in [-0.39, 0.29) is 11.3 Å². The molecule has 164 valence electrons. The summed E-state index contributed by atoms with van der Waals surface area (Å²) in [6.07, 6.45) is 6.69. The average molecular weight is 423 g/mol. The molecule has 3 unspecified atom stereocenters. The third-order valence-corrected chi connectivity index (χ3v) is 8.83. The van der Waals surface area contributed by atoms with Gasteiger partial charge in [0.05, 0.1) is 5.25 Å². The molecule has 6 heteroatoms. The Kier molecular flexibility index (Phi) is 7.49. The number of hydrogen-bond donors (Lipinski definition) is 2. The SMILES string of the molecule is CC1CCC(Oc2ccc(NCC3CCC(NS(=O)(=O)C(C)C)CC3)cc2)C1C. The zero-order chi connectivity index (χ0) is 21.0. The van der Waals surface area contributed by atoms with Gasteiger partial charge in [-0.1, -0.05) is 13.8 Å². The van der Waals surface area contributed by atoms with E-state index in [4.69, 9.17) is 4.74 Å². The van der Waals surface area contributed by atoms with E-state index in [1.807, 2.05) is 0 Å². The van der Waals surface area contributed by atoms with Crippen LogP contribution in [0.4, 0.5) is 5.69 Å². The molecule has 2 N–H and O–H groups in total. The fraction of sp³-hybridized carbons (Fsp3) is 0.739. The summed E-state index contributed by atoms with van der Waals surface area (Å²) in [5, 5.41) is 3.17. The molecule has 2 aliphatic carbocycles. The summed E-state index contributed by atoms with van der Waals surface area (Å²) in [6.45, 7) is 8.99. The molecule has 0 amide bonds. The number of hydrogen-bond acceptors (Lipinski definition) is 4. The number of nitrogens with one attached hydrogen (secondary N) is 2. The van der Waals surface area contributed by atoms with Gasteiger partial charge in [-0.25, -0.2) is 13.1 Å². The summed E-state index contributed by atoms with van der Waals surface area (Å²) in [5.74, 6) is 2.91. The van der Waals surface area contributed by atoms with Gasteiger partial charge in [0.2, 0.25) is 10.0 Å². The third-order valence-electron chi connectivity index (χ3n) is 6.93. The molecule has 0 aromatic heterocycles. The molecule has 2 fully saturated rings.